The van der Waals surface area contributed by atoms with Gasteiger partial charge in [-0.3, -0.25) is 9.52 Å². The molecule has 10 heteroatoms. The lowest BCUT2D eigenvalue weighted by atomic mass is 10.1. The molecule has 0 spiro atoms. The molecule has 3 aromatic rings. The molecule has 9 nitrogen and oxygen atoms in total. The number of benzene rings is 3. The standard InChI is InChI=1S/C25H24N2O7S/c1-15-5-10-19(11-6-15)35(31,32)27-21-13-17(8-7-16(21)2)23(28)26-22-14-18(24(29)33-3)9-12-20(22)25(30)34-4/h5-14,27H,1-4H3,(H,26,28). The van der Waals surface area contributed by atoms with Gasteiger partial charge in [-0.05, 0) is 61.9 Å². The third kappa shape index (κ3) is 5.85. The minimum atomic E-state index is -3.89. The number of anilines is 2. The van der Waals surface area contributed by atoms with Gasteiger partial charge < -0.3 is 14.8 Å². The van der Waals surface area contributed by atoms with Crippen LogP contribution in [0.4, 0.5) is 11.4 Å². The Kier molecular flexibility index (Phi) is 7.55. The van der Waals surface area contributed by atoms with Crippen LogP contribution < -0.4 is 10.0 Å². The summed E-state index contributed by atoms with van der Waals surface area (Å²) in [5, 5.41) is 2.58. The molecule has 0 aromatic heterocycles. The fraction of sp³-hybridized carbons (Fsp3) is 0.160. The Morgan fingerprint density at radius 1 is 0.743 bits per heavy atom. The zero-order valence-electron chi connectivity index (χ0n) is 19.5. The number of methoxy groups -OCH3 is 2. The molecular formula is C25H24N2O7S. The van der Waals surface area contributed by atoms with Crippen molar-refractivity contribution in [1.82, 2.24) is 0 Å². The van der Waals surface area contributed by atoms with Gasteiger partial charge in [0.05, 0.1) is 41.6 Å². The summed E-state index contributed by atoms with van der Waals surface area (Å²) in [6, 6.07) is 14.9. The Labute approximate surface area is 203 Å². The van der Waals surface area contributed by atoms with Crippen LogP contribution in [0.3, 0.4) is 0 Å². The van der Waals surface area contributed by atoms with Crippen molar-refractivity contribution in [3.63, 3.8) is 0 Å². The van der Waals surface area contributed by atoms with E-state index in [-0.39, 0.29) is 33.0 Å². The van der Waals surface area contributed by atoms with Crippen molar-refractivity contribution in [2.45, 2.75) is 18.7 Å². The first kappa shape index (κ1) is 25.4. The van der Waals surface area contributed by atoms with Crippen LogP contribution in [-0.4, -0.2) is 40.5 Å². The fourth-order valence-electron chi connectivity index (χ4n) is 3.17. The van der Waals surface area contributed by atoms with E-state index in [2.05, 4.69) is 10.0 Å². The number of rotatable bonds is 7. The van der Waals surface area contributed by atoms with Crippen LogP contribution in [-0.2, 0) is 19.5 Å². The van der Waals surface area contributed by atoms with Crippen LogP contribution >= 0.6 is 0 Å². The Bertz CT molecular complexity index is 1400. The first-order valence-corrected chi connectivity index (χ1v) is 11.9. The van der Waals surface area contributed by atoms with E-state index in [0.29, 0.717) is 5.56 Å². The number of nitrogens with one attached hydrogen (secondary N) is 2. The molecule has 0 aliphatic carbocycles. The maximum absolute atomic E-state index is 13.0. The maximum Gasteiger partial charge on any atom is 0.339 e. The average Bonchev–Trinajstić information content (AvgIpc) is 2.84. The van der Waals surface area contributed by atoms with Crippen LogP contribution in [0.2, 0.25) is 0 Å². The lowest BCUT2D eigenvalue weighted by molar-refractivity contribution is 0.0587. The molecule has 0 aliphatic rings. The summed E-state index contributed by atoms with van der Waals surface area (Å²) in [5.74, 6) is -2.00. The van der Waals surface area contributed by atoms with Crippen molar-refractivity contribution >= 4 is 39.2 Å². The number of hydrogen-bond donors (Lipinski definition) is 2. The van der Waals surface area contributed by atoms with Gasteiger partial charge in [-0.25, -0.2) is 18.0 Å². The maximum atomic E-state index is 13.0. The molecule has 1 amide bonds. The minimum Gasteiger partial charge on any atom is -0.465 e. The van der Waals surface area contributed by atoms with Gasteiger partial charge >= 0.3 is 11.9 Å². The van der Waals surface area contributed by atoms with Gasteiger partial charge in [0.15, 0.2) is 0 Å². The van der Waals surface area contributed by atoms with Gasteiger partial charge in [0.25, 0.3) is 15.9 Å². The molecule has 182 valence electrons. The molecule has 35 heavy (non-hydrogen) atoms. The molecule has 2 N–H and O–H groups in total. The summed E-state index contributed by atoms with van der Waals surface area (Å²) in [7, 11) is -1.49. The highest BCUT2D eigenvalue weighted by Crippen LogP contribution is 2.24. The van der Waals surface area contributed by atoms with Crippen molar-refractivity contribution in [3.05, 3.63) is 88.5 Å². The van der Waals surface area contributed by atoms with E-state index in [4.69, 9.17) is 9.47 Å². The quantitative estimate of drug-likeness (QED) is 0.474. The highest BCUT2D eigenvalue weighted by molar-refractivity contribution is 7.92. The van der Waals surface area contributed by atoms with Gasteiger partial charge in [-0.2, -0.15) is 0 Å². The van der Waals surface area contributed by atoms with Crippen molar-refractivity contribution in [2.24, 2.45) is 0 Å². The number of hydrogen-bond acceptors (Lipinski definition) is 7. The second-order valence-electron chi connectivity index (χ2n) is 7.65. The summed E-state index contributed by atoms with van der Waals surface area (Å²) in [6.07, 6.45) is 0. The predicted molar refractivity (Wildman–Crippen MR) is 130 cm³/mol. The zero-order chi connectivity index (χ0) is 25.8. The molecule has 0 saturated carbocycles. The van der Waals surface area contributed by atoms with Gasteiger partial charge in [0.1, 0.15) is 0 Å². The topological polar surface area (TPSA) is 128 Å². The molecule has 0 bridgehead atoms. The second-order valence-corrected chi connectivity index (χ2v) is 9.33. The number of sulfonamides is 1. The Morgan fingerprint density at radius 2 is 1.34 bits per heavy atom. The number of carbonyl (C=O) groups is 3. The van der Waals surface area contributed by atoms with Crippen molar-refractivity contribution in [2.75, 3.05) is 24.3 Å². The summed E-state index contributed by atoms with van der Waals surface area (Å²) in [5.41, 5.74) is 2.03. The highest BCUT2D eigenvalue weighted by atomic mass is 32.2. The van der Waals surface area contributed by atoms with Crippen LogP contribution in [0.5, 0.6) is 0 Å². The molecular weight excluding hydrogens is 472 g/mol. The molecule has 0 saturated heterocycles. The fourth-order valence-corrected chi connectivity index (χ4v) is 4.29. The Morgan fingerprint density at radius 3 is 1.97 bits per heavy atom. The van der Waals surface area contributed by atoms with Gasteiger partial charge in [-0.1, -0.05) is 23.8 Å². The molecule has 0 fully saturated rings. The van der Waals surface area contributed by atoms with Crippen LogP contribution in [0.1, 0.15) is 42.2 Å². The SMILES string of the molecule is COC(=O)c1ccc(C(=O)OC)c(NC(=O)c2ccc(C)c(NS(=O)(=O)c3ccc(C)cc3)c2)c1. The molecule has 0 heterocycles. The van der Waals surface area contributed by atoms with Crippen molar-refractivity contribution < 1.29 is 32.3 Å². The predicted octanol–water partition coefficient (Wildman–Crippen LogP) is 3.93. The zero-order valence-corrected chi connectivity index (χ0v) is 20.4. The van der Waals surface area contributed by atoms with E-state index in [0.717, 1.165) is 5.56 Å². The smallest absolute Gasteiger partial charge is 0.339 e. The van der Waals surface area contributed by atoms with E-state index >= 15 is 0 Å². The average molecular weight is 497 g/mol. The van der Waals surface area contributed by atoms with Crippen LogP contribution in [0.25, 0.3) is 0 Å². The summed E-state index contributed by atoms with van der Waals surface area (Å²) in [4.78, 5) is 37.1. The van der Waals surface area contributed by atoms with E-state index in [9.17, 15) is 22.8 Å². The molecule has 3 aromatic carbocycles. The number of ether oxygens (including phenoxy) is 2. The number of aryl methyl sites for hydroxylation is 2. The van der Waals surface area contributed by atoms with Crippen LogP contribution in [0, 0.1) is 13.8 Å². The van der Waals surface area contributed by atoms with E-state index in [1.165, 1.54) is 56.7 Å². The normalized spacial score (nSPS) is 10.9. The number of amides is 1. The van der Waals surface area contributed by atoms with Crippen molar-refractivity contribution in [3.8, 4) is 0 Å². The largest absolute Gasteiger partial charge is 0.465 e. The lowest BCUT2D eigenvalue weighted by Crippen LogP contribution is -2.18. The van der Waals surface area contributed by atoms with Crippen LogP contribution in [0.15, 0.2) is 65.6 Å². The van der Waals surface area contributed by atoms with Gasteiger partial charge in [0.2, 0.25) is 0 Å². The Hall–Kier alpha value is -4.18. The minimum absolute atomic E-state index is 0.0286. The summed E-state index contributed by atoms with van der Waals surface area (Å²) >= 11 is 0. The number of esters is 2. The lowest BCUT2D eigenvalue weighted by Gasteiger charge is -2.14. The van der Waals surface area contributed by atoms with E-state index < -0.39 is 27.9 Å². The highest BCUT2D eigenvalue weighted by Gasteiger charge is 2.20. The Balaban J connectivity index is 1.92. The van der Waals surface area contributed by atoms with E-state index in [1.807, 2.05) is 6.92 Å². The third-order valence-corrected chi connectivity index (χ3v) is 6.55. The summed E-state index contributed by atoms with van der Waals surface area (Å²) in [6.45, 7) is 3.55. The van der Waals surface area contributed by atoms with Crippen molar-refractivity contribution in [1.29, 1.82) is 0 Å². The van der Waals surface area contributed by atoms with Gasteiger partial charge in [0, 0.05) is 5.56 Å². The molecule has 0 unspecified atom stereocenters. The molecule has 0 atom stereocenters. The van der Waals surface area contributed by atoms with E-state index in [1.54, 1.807) is 25.1 Å². The second kappa shape index (κ2) is 10.4. The molecule has 3 rings (SSSR count). The third-order valence-electron chi connectivity index (χ3n) is 5.17. The first-order chi connectivity index (χ1) is 16.6. The first-order valence-electron chi connectivity index (χ1n) is 10.4. The van der Waals surface area contributed by atoms with Gasteiger partial charge in [-0.15, -0.1) is 0 Å². The molecule has 0 radical (unpaired) electrons. The number of carbonyl (C=O) groups excluding carboxylic acids is 3. The molecule has 0 aliphatic heterocycles. The summed E-state index contributed by atoms with van der Waals surface area (Å²) < 4.78 is 37.6. The monoisotopic (exact) mass is 496 g/mol.